The highest BCUT2D eigenvalue weighted by Gasteiger charge is 2.51. The molecular weight excluding hydrogens is 310 g/mol. The topological polar surface area (TPSA) is 46.6 Å². The molecule has 4 nitrogen and oxygen atoms in total. The third-order valence-electron chi connectivity index (χ3n) is 4.53. The molecule has 23 heavy (non-hydrogen) atoms. The molecule has 2 aromatic carbocycles. The standard InChI is InChI=1S/C18H21NO3S/c1-13-17(14-7-5-4-6-8-14)19(23(3,20)21)18(13)15-9-11-16(22-2)12-10-15/h4-13,17-18H,1-3H3/t13-,17+,18-/m1/s1. The number of hydrogen-bond acceptors (Lipinski definition) is 3. The van der Waals surface area contributed by atoms with E-state index >= 15 is 0 Å². The van der Waals surface area contributed by atoms with E-state index in [0.29, 0.717) is 0 Å². The largest absolute Gasteiger partial charge is 0.497 e. The Labute approximate surface area is 137 Å². The molecule has 5 heteroatoms. The molecule has 0 aliphatic carbocycles. The molecule has 1 aliphatic heterocycles. The number of nitrogens with zero attached hydrogens (tertiary/aromatic N) is 1. The lowest BCUT2D eigenvalue weighted by atomic mass is 9.77. The summed E-state index contributed by atoms with van der Waals surface area (Å²) in [4.78, 5) is 0. The molecule has 0 unspecified atom stereocenters. The van der Waals surface area contributed by atoms with Gasteiger partial charge in [-0.05, 0) is 29.2 Å². The van der Waals surface area contributed by atoms with Crippen molar-refractivity contribution in [3.05, 3.63) is 65.7 Å². The minimum atomic E-state index is -3.31. The molecule has 0 aromatic heterocycles. The van der Waals surface area contributed by atoms with Gasteiger partial charge in [0, 0.05) is 0 Å². The maximum Gasteiger partial charge on any atom is 0.212 e. The fourth-order valence-electron chi connectivity index (χ4n) is 3.47. The molecule has 1 heterocycles. The lowest BCUT2D eigenvalue weighted by Gasteiger charge is -2.52. The van der Waals surface area contributed by atoms with Crippen LogP contribution in [0.4, 0.5) is 0 Å². The van der Waals surface area contributed by atoms with Crippen molar-refractivity contribution in [2.45, 2.75) is 19.0 Å². The lowest BCUT2D eigenvalue weighted by Crippen LogP contribution is -2.53. The predicted octanol–water partition coefficient (Wildman–Crippen LogP) is 3.39. The van der Waals surface area contributed by atoms with E-state index < -0.39 is 10.0 Å². The van der Waals surface area contributed by atoms with Crippen LogP contribution < -0.4 is 4.74 Å². The predicted molar refractivity (Wildman–Crippen MR) is 90.8 cm³/mol. The van der Waals surface area contributed by atoms with Gasteiger partial charge in [0.1, 0.15) is 5.75 Å². The van der Waals surface area contributed by atoms with Gasteiger partial charge in [0.2, 0.25) is 10.0 Å². The minimum absolute atomic E-state index is 0.113. The first kappa shape index (κ1) is 16.0. The highest BCUT2D eigenvalue weighted by molar-refractivity contribution is 7.88. The molecule has 3 rings (SSSR count). The molecule has 0 bridgehead atoms. The van der Waals surface area contributed by atoms with Gasteiger partial charge in [0.05, 0.1) is 25.4 Å². The van der Waals surface area contributed by atoms with Crippen LogP contribution in [0.15, 0.2) is 54.6 Å². The summed E-state index contributed by atoms with van der Waals surface area (Å²) in [6, 6.07) is 17.2. The summed E-state index contributed by atoms with van der Waals surface area (Å²) in [6.45, 7) is 2.11. The van der Waals surface area contributed by atoms with E-state index in [-0.39, 0.29) is 18.0 Å². The zero-order valence-corrected chi connectivity index (χ0v) is 14.3. The molecule has 122 valence electrons. The maximum absolute atomic E-state index is 12.4. The summed E-state index contributed by atoms with van der Waals surface area (Å²) in [6.07, 6.45) is 1.28. The first-order valence-electron chi connectivity index (χ1n) is 7.61. The molecule has 0 radical (unpaired) electrons. The van der Waals surface area contributed by atoms with Crippen LogP contribution in [0, 0.1) is 5.92 Å². The van der Waals surface area contributed by atoms with Gasteiger partial charge < -0.3 is 4.74 Å². The SMILES string of the molecule is COc1ccc([C@H]2[C@H](C)[C@@H](c3ccccc3)N2S(C)(=O)=O)cc1. The van der Waals surface area contributed by atoms with Crippen LogP contribution in [0.25, 0.3) is 0 Å². The molecule has 0 N–H and O–H groups in total. The van der Waals surface area contributed by atoms with Crippen LogP contribution in [0.3, 0.4) is 0 Å². The van der Waals surface area contributed by atoms with Crippen LogP contribution in [-0.4, -0.2) is 26.1 Å². The van der Waals surface area contributed by atoms with Crippen molar-refractivity contribution in [1.29, 1.82) is 0 Å². The molecule has 0 saturated carbocycles. The number of sulfonamides is 1. The molecular formula is C18H21NO3S. The Balaban J connectivity index is 1.98. The molecule has 0 spiro atoms. The zero-order chi connectivity index (χ0) is 16.6. The number of hydrogen-bond donors (Lipinski definition) is 0. The van der Waals surface area contributed by atoms with Gasteiger partial charge in [-0.1, -0.05) is 49.4 Å². The molecule has 3 atom stereocenters. The van der Waals surface area contributed by atoms with Crippen molar-refractivity contribution in [1.82, 2.24) is 4.31 Å². The monoisotopic (exact) mass is 331 g/mol. The Hall–Kier alpha value is -1.85. The Morgan fingerprint density at radius 2 is 1.43 bits per heavy atom. The molecule has 1 fully saturated rings. The number of ether oxygens (including phenoxy) is 1. The van der Waals surface area contributed by atoms with Gasteiger partial charge in [-0.25, -0.2) is 8.42 Å². The van der Waals surface area contributed by atoms with Crippen molar-refractivity contribution >= 4 is 10.0 Å². The first-order chi connectivity index (χ1) is 10.9. The Morgan fingerprint density at radius 1 is 0.913 bits per heavy atom. The summed E-state index contributed by atoms with van der Waals surface area (Å²) in [5, 5.41) is 0. The fourth-order valence-corrected chi connectivity index (χ4v) is 4.93. The molecule has 2 aromatic rings. The first-order valence-corrected chi connectivity index (χ1v) is 9.45. The van der Waals surface area contributed by atoms with E-state index in [1.807, 2.05) is 54.6 Å². The van der Waals surface area contributed by atoms with Gasteiger partial charge in [-0.2, -0.15) is 4.31 Å². The number of benzene rings is 2. The zero-order valence-electron chi connectivity index (χ0n) is 13.5. The maximum atomic E-state index is 12.4. The number of methoxy groups -OCH3 is 1. The van der Waals surface area contributed by atoms with Crippen LogP contribution in [-0.2, 0) is 10.0 Å². The van der Waals surface area contributed by atoms with Crippen molar-refractivity contribution in [3.8, 4) is 5.75 Å². The van der Waals surface area contributed by atoms with E-state index in [2.05, 4.69) is 6.92 Å². The average molecular weight is 331 g/mol. The summed E-state index contributed by atoms with van der Waals surface area (Å²) in [5.41, 5.74) is 2.03. The fraction of sp³-hybridized carbons (Fsp3) is 0.333. The summed E-state index contributed by atoms with van der Waals surface area (Å²) in [5.74, 6) is 0.978. The molecule has 1 aliphatic rings. The highest BCUT2D eigenvalue weighted by Crippen LogP contribution is 2.53. The van der Waals surface area contributed by atoms with E-state index in [4.69, 9.17) is 4.74 Å². The summed E-state index contributed by atoms with van der Waals surface area (Å²) in [7, 11) is -1.69. The molecule has 0 amide bonds. The van der Waals surface area contributed by atoms with Crippen LogP contribution in [0.1, 0.15) is 30.1 Å². The lowest BCUT2D eigenvalue weighted by molar-refractivity contribution is 0.0303. The smallest absolute Gasteiger partial charge is 0.212 e. The van der Waals surface area contributed by atoms with Gasteiger partial charge in [-0.3, -0.25) is 0 Å². The van der Waals surface area contributed by atoms with Crippen molar-refractivity contribution in [2.75, 3.05) is 13.4 Å². The number of rotatable bonds is 4. The van der Waals surface area contributed by atoms with Gasteiger partial charge in [-0.15, -0.1) is 0 Å². The Kier molecular flexibility index (Phi) is 4.17. The quantitative estimate of drug-likeness (QED) is 0.863. The highest BCUT2D eigenvalue weighted by atomic mass is 32.2. The van der Waals surface area contributed by atoms with E-state index in [1.54, 1.807) is 11.4 Å². The van der Waals surface area contributed by atoms with Gasteiger partial charge in [0.25, 0.3) is 0 Å². The van der Waals surface area contributed by atoms with E-state index in [0.717, 1.165) is 16.9 Å². The van der Waals surface area contributed by atoms with Crippen molar-refractivity contribution < 1.29 is 13.2 Å². The Bertz CT molecular complexity index is 772. The normalized spacial score (nSPS) is 24.9. The molecule has 1 saturated heterocycles. The minimum Gasteiger partial charge on any atom is -0.497 e. The van der Waals surface area contributed by atoms with Gasteiger partial charge in [0.15, 0.2) is 0 Å². The Morgan fingerprint density at radius 3 is 1.91 bits per heavy atom. The summed E-state index contributed by atoms with van der Waals surface area (Å²) >= 11 is 0. The van der Waals surface area contributed by atoms with Gasteiger partial charge >= 0.3 is 0 Å². The van der Waals surface area contributed by atoms with Crippen LogP contribution in [0.5, 0.6) is 5.75 Å². The second-order valence-corrected chi connectivity index (χ2v) is 7.91. The summed E-state index contributed by atoms with van der Waals surface area (Å²) < 4.78 is 31.5. The second-order valence-electron chi connectivity index (χ2n) is 6.03. The van der Waals surface area contributed by atoms with E-state index in [1.165, 1.54) is 6.26 Å². The van der Waals surface area contributed by atoms with Crippen LogP contribution >= 0.6 is 0 Å². The van der Waals surface area contributed by atoms with E-state index in [9.17, 15) is 8.42 Å². The van der Waals surface area contributed by atoms with Crippen LogP contribution in [0.2, 0.25) is 0 Å². The third kappa shape index (κ3) is 2.86. The third-order valence-corrected chi connectivity index (χ3v) is 5.75. The second kappa shape index (κ2) is 5.98. The average Bonchev–Trinajstić information content (AvgIpc) is 2.53. The van der Waals surface area contributed by atoms with Crippen molar-refractivity contribution in [2.24, 2.45) is 5.92 Å². The van der Waals surface area contributed by atoms with Crippen molar-refractivity contribution in [3.63, 3.8) is 0 Å².